The number of aromatic nitrogens is 2. The molecule has 0 saturated carbocycles. The molecule has 2 aromatic heterocycles. The predicted molar refractivity (Wildman–Crippen MR) is 136 cm³/mol. The summed E-state index contributed by atoms with van der Waals surface area (Å²) in [5.74, 6) is -1.38. The van der Waals surface area contributed by atoms with Crippen LogP contribution in [0.2, 0.25) is 5.02 Å². The van der Waals surface area contributed by atoms with E-state index in [-0.39, 0.29) is 29.1 Å². The second-order valence-electron chi connectivity index (χ2n) is 9.98. The molecule has 1 fully saturated rings. The highest BCUT2D eigenvalue weighted by Crippen LogP contribution is 2.34. The molecule has 3 heterocycles. The number of anilines is 1. The minimum Gasteiger partial charge on any atom is -0.477 e. The van der Waals surface area contributed by atoms with Gasteiger partial charge in [-0.3, -0.25) is 4.79 Å². The molecule has 1 aromatic carbocycles. The highest BCUT2D eigenvalue weighted by molar-refractivity contribution is 6.30. The molecule has 0 unspecified atom stereocenters. The molecule has 1 aliphatic heterocycles. The van der Waals surface area contributed by atoms with E-state index in [1.54, 1.807) is 22.8 Å². The second-order valence-corrected chi connectivity index (χ2v) is 10.4. The lowest BCUT2D eigenvalue weighted by atomic mass is 9.86. The summed E-state index contributed by atoms with van der Waals surface area (Å²) >= 11 is 6.00. The summed E-state index contributed by atoms with van der Waals surface area (Å²) in [4.78, 5) is 32.1. The van der Waals surface area contributed by atoms with Crippen molar-refractivity contribution in [2.75, 3.05) is 37.8 Å². The van der Waals surface area contributed by atoms with Crippen molar-refractivity contribution >= 4 is 34.4 Å². The summed E-state index contributed by atoms with van der Waals surface area (Å²) in [6.07, 6.45) is 1.35. The van der Waals surface area contributed by atoms with Gasteiger partial charge in [0.1, 0.15) is 22.8 Å². The van der Waals surface area contributed by atoms with Crippen molar-refractivity contribution in [1.29, 1.82) is 0 Å². The quantitative estimate of drug-likeness (QED) is 0.511. The number of carboxylic acid groups (broad SMARTS) is 1. The molecule has 10 heteroatoms. The lowest BCUT2D eigenvalue weighted by molar-refractivity contribution is 0.0692. The van der Waals surface area contributed by atoms with Gasteiger partial charge in [0, 0.05) is 31.3 Å². The number of aromatic carboxylic acids is 1. The van der Waals surface area contributed by atoms with Gasteiger partial charge in [-0.25, -0.2) is 14.2 Å². The number of hydrogen-bond acceptors (Lipinski definition) is 6. The maximum atomic E-state index is 14.8. The Kier molecular flexibility index (Phi) is 7.36. The molecule has 0 amide bonds. The Morgan fingerprint density at radius 3 is 2.56 bits per heavy atom. The number of carboxylic acids is 1. The zero-order valence-electron chi connectivity index (χ0n) is 20.4. The molecule has 36 heavy (non-hydrogen) atoms. The summed E-state index contributed by atoms with van der Waals surface area (Å²) < 4.78 is 21.9. The maximum absolute atomic E-state index is 14.8. The average molecular weight is 518 g/mol. The molecule has 0 radical (unpaired) electrons. The molecule has 2 N–H and O–H groups in total. The van der Waals surface area contributed by atoms with Gasteiger partial charge in [0.05, 0.1) is 36.3 Å². The fraction of sp³-hybridized carbons (Fsp3) is 0.423. The predicted octanol–water partition coefficient (Wildman–Crippen LogP) is 3.89. The number of hydrogen-bond donors (Lipinski definition) is 2. The topological polar surface area (TPSA) is 105 Å². The van der Waals surface area contributed by atoms with Gasteiger partial charge < -0.3 is 24.4 Å². The Hall–Kier alpha value is -3.01. The minimum atomic E-state index is -1.37. The van der Waals surface area contributed by atoms with Gasteiger partial charge >= 0.3 is 5.97 Å². The number of morpholine rings is 1. The van der Waals surface area contributed by atoms with Gasteiger partial charge in [-0.2, -0.15) is 0 Å². The molecule has 192 valence electrons. The fourth-order valence-electron chi connectivity index (χ4n) is 4.54. The number of nitrogens with zero attached hydrogens (tertiary/aromatic N) is 3. The standard InChI is InChI=1S/C26H29ClFN3O5/c1-26(2,3)20(14-32)31-13-18(25(34)35)22(33)17-12-16(11-15-5-4-6-19(27)21(15)28)23(29-24(17)31)30-7-9-36-10-8-30/h4-6,12-13,20,32H,7-11,14H2,1-3H3,(H,34,35)/t20-/m1/s1. The van der Waals surface area contributed by atoms with Crippen LogP contribution in [-0.4, -0.2) is 58.6 Å². The van der Waals surface area contributed by atoms with E-state index in [1.165, 1.54) is 12.3 Å². The van der Waals surface area contributed by atoms with Crippen LogP contribution in [0.15, 0.2) is 35.3 Å². The van der Waals surface area contributed by atoms with E-state index < -0.39 is 34.2 Å². The van der Waals surface area contributed by atoms with Crippen LogP contribution < -0.4 is 10.3 Å². The van der Waals surface area contributed by atoms with E-state index in [0.29, 0.717) is 43.2 Å². The molecule has 0 bridgehead atoms. The SMILES string of the molecule is CC(C)(C)[C@@H](CO)n1cc(C(=O)O)c(=O)c2cc(Cc3cccc(Cl)c3F)c(N3CCOCC3)nc21. The van der Waals surface area contributed by atoms with Crippen LogP contribution in [0.5, 0.6) is 0 Å². The molecule has 1 aliphatic rings. The van der Waals surface area contributed by atoms with Crippen LogP contribution in [0.25, 0.3) is 11.0 Å². The van der Waals surface area contributed by atoms with Crippen molar-refractivity contribution in [1.82, 2.24) is 9.55 Å². The van der Waals surface area contributed by atoms with Crippen LogP contribution in [0, 0.1) is 11.2 Å². The first kappa shape index (κ1) is 26.1. The number of rotatable bonds is 6. The van der Waals surface area contributed by atoms with Crippen LogP contribution in [0.3, 0.4) is 0 Å². The number of carbonyl (C=O) groups is 1. The zero-order valence-corrected chi connectivity index (χ0v) is 21.2. The molecule has 0 spiro atoms. The van der Waals surface area contributed by atoms with Crippen LogP contribution >= 0.6 is 11.6 Å². The first-order chi connectivity index (χ1) is 17.0. The summed E-state index contributed by atoms with van der Waals surface area (Å²) in [5.41, 5.74) is -0.436. The Labute approximate surface area is 212 Å². The largest absolute Gasteiger partial charge is 0.477 e. The van der Waals surface area contributed by atoms with E-state index in [9.17, 15) is 24.2 Å². The molecular weight excluding hydrogens is 489 g/mol. The van der Waals surface area contributed by atoms with Gasteiger partial charge in [-0.1, -0.05) is 44.5 Å². The number of ether oxygens (including phenoxy) is 1. The number of aliphatic hydroxyl groups excluding tert-OH is 1. The maximum Gasteiger partial charge on any atom is 0.341 e. The van der Waals surface area contributed by atoms with Gasteiger partial charge in [0.2, 0.25) is 5.43 Å². The van der Waals surface area contributed by atoms with E-state index in [0.717, 1.165) is 0 Å². The van der Waals surface area contributed by atoms with Crippen LogP contribution in [-0.2, 0) is 11.2 Å². The normalized spacial score (nSPS) is 15.3. The average Bonchev–Trinajstić information content (AvgIpc) is 2.83. The van der Waals surface area contributed by atoms with Crippen molar-refractivity contribution in [3.63, 3.8) is 0 Å². The molecular formula is C26H29ClFN3O5. The summed E-state index contributed by atoms with van der Waals surface area (Å²) in [6, 6.07) is 5.76. The van der Waals surface area contributed by atoms with E-state index in [4.69, 9.17) is 21.3 Å². The molecule has 3 aromatic rings. The molecule has 1 atom stereocenters. The Balaban J connectivity index is 2.04. The van der Waals surface area contributed by atoms with Crippen molar-refractivity contribution < 1.29 is 24.1 Å². The number of fused-ring (bicyclic) bond motifs is 1. The Bertz CT molecular complexity index is 1360. The first-order valence-electron chi connectivity index (χ1n) is 11.7. The Morgan fingerprint density at radius 1 is 1.25 bits per heavy atom. The number of pyridine rings is 2. The summed E-state index contributed by atoms with van der Waals surface area (Å²) in [7, 11) is 0. The minimum absolute atomic E-state index is 0.0133. The van der Waals surface area contributed by atoms with Crippen LogP contribution in [0.4, 0.5) is 10.2 Å². The van der Waals surface area contributed by atoms with Crippen molar-refractivity contribution in [2.45, 2.75) is 33.2 Å². The van der Waals surface area contributed by atoms with Gasteiger partial charge in [-0.15, -0.1) is 0 Å². The third-order valence-electron chi connectivity index (χ3n) is 6.52. The van der Waals surface area contributed by atoms with Gasteiger partial charge in [-0.05, 0) is 23.1 Å². The molecule has 0 aliphatic carbocycles. The fourth-order valence-corrected chi connectivity index (χ4v) is 4.74. The molecule has 4 rings (SSSR count). The highest BCUT2D eigenvalue weighted by atomic mass is 35.5. The van der Waals surface area contributed by atoms with Gasteiger partial charge in [0.25, 0.3) is 0 Å². The third-order valence-corrected chi connectivity index (χ3v) is 6.81. The summed E-state index contributed by atoms with van der Waals surface area (Å²) in [5, 5.41) is 20.1. The van der Waals surface area contributed by atoms with E-state index in [2.05, 4.69) is 0 Å². The van der Waals surface area contributed by atoms with Crippen LogP contribution in [0.1, 0.15) is 48.3 Å². The summed E-state index contributed by atoms with van der Waals surface area (Å²) in [6.45, 7) is 7.51. The highest BCUT2D eigenvalue weighted by Gasteiger charge is 2.30. The lowest BCUT2D eigenvalue weighted by Crippen LogP contribution is -2.38. The number of aliphatic hydroxyl groups is 1. The van der Waals surface area contributed by atoms with Gasteiger partial charge in [0.15, 0.2) is 0 Å². The molecule has 1 saturated heterocycles. The third kappa shape index (κ3) is 4.96. The zero-order chi connectivity index (χ0) is 26.2. The Morgan fingerprint density at radius 2 is 1.94 bits per heavy atom. The van der Waals surface area contributed by atoms with Crippen molar-refractivity contribution in [3.8, 4) is 0 Å². The number of benzene rings is 1. The molecule has 8 nitrogen and oxygen atoms in total. The second kappa shape index (κ2) is 10.2. The number of halogens is 2. The van der Waals surface area contributed by atoms with Crippen molar-refractivity contribution in [2.24, 2.45) is 5.41 Å². The smallest absolute Gasteiger partial charge is 0.341 e. The van der Waals surface area contributed by atoms with E-state index >= 15 is 0 Å². The first-order valence-corrected chi connectivity index (χ1v) is 12.1. The monoisotopic (exact) mass is 517 g/mol. The van der Waals surface area contributed by atoms with E-state index in [1.807, 2.05) is 25.7 Å². The van der Waals surface area contributed by atoms with Crippen molar-refractivity contribution in [3.05, 3.63) is 68.2 Å². The lowest BCUT2D eigenvalue weighted by Gasteiger charge is -2.33.